The van der Waals surface area contributed by atoms with Gasteiger partial charge in [0.05, 0.1) is 17.8 Å². The van der Waals surface area contributed by atoms with Gasteiger partial charge >= 0.3 is 0 Å². The summed E-state index contributed by atoms with van der Waals surface area (Å²) in [7, 11) is 0. The van der Waals surface area contributed by atoms with Crippen LogP contribution in [0.2, 0.25) is 5.02 Å². The van der Waals surface area contributed by atoms with Gasteiger partial charge in [-0.1, -0.05) is 18.5 Å². The molecular weight excluding hydrogens is 264 g/mol. The summed E-state index contributed by atoms with van der Waals surface area (Å²) in [5, 5.41) is 7.09. The standard InChI is InChI=1S/C13H21ClN4O/c1-4-6-15-12-16-8-10(14)11(17-12)18-13(3)5-7-19-9(13)2/h8-9H,4-7H2,1-3H3,(H2,15,16,17,18). The third kappa shape index (κ3) is 3.28. The van der Waals surface area contributed by atoms with E-state index in [-0.39, 0.29) is 11.6 Å². The largest absolute Gasteiger partial charge is 0.376 e. The number of rotatable bonds is 5. The first-order valence-electron chi connectivity index (χ1n) is 6.71. The Balaban J connectivity index is 2.14. The number of hydrogen-bond acceptors (Lipinski definition) is 5. The first kappa shape index (κ1) is 14.3. The highest BCUT2D eigenvalue weighted by Gasteiger charge is 2.37. The van der Waals surface area contributed by atoms with E-state index in [0.29, 0.717) is 16.8 Å². The van der Waals surface area contributed by atoms with Gasteiger partial charge in [-0.25, -0.2) is 4.98 Å². The summed E-state index contributed by atoms with van der Waals surface area (Å²) in [5.41, 5.74) is -0.139. The van der Waals surface area contributed by atoms with Crippen LogP contribution in [0.5, 0.6) is 0 Å². The minimum atomic E-state index is -0.139. The second-order valence-corrected chi connectivity index (χ2v) is 5.53. The van der Waals surface area contributed by atoms with Crippen LogP contribution in [-0.2, 0) is 4.74 Å². The lowest BCUT2D eigenvalue weighted by Gasteiger charge is -2.29. The minimum absolute atomic E-state index is 0.130. The average molecular weight is 285 g/mol. The zero-order valence-corrected chi connectivity index (χ0v) is 12.4. The van der Waals surface area contributed by atoms with Crippen molar-refractivity contribution in [2.45, 2.75) is 45.3 Å². The Hall–Kier alpha value is -1.07. The third-order valence-corrected chi connectivity index (χ3v) is 3.84. The Kier molecular flexibility index (Phi) is 4.47. The monoisotopic (exact) mass is 284 g/mol. The molecule has 0 aliphatic carbocycles. The maximum atomic E-state index is 6.16. The molecule has 0 amide bonds. The summed E-state index contributed by atoms with van der Waals surface area (Å²) in [4.78, 5) is 8.60. The van der Waals surface area contributed by atoms with Crippen molar-refractivity contribution in [1.82, 2.24) is 9.97 Å². The number of halogens is 1. The van der Waals surface area contributed by atoms with Crippen molar-refractivity contribution < 1.29 is 4.74 Å². The maximum Gasteiger partial charge on any atom is 0.224 e. The molecule has 0 spiro atoms. The molecule has 1 aromatic rings. The van der Waals surface area contributed by atoms with Gasteiger partial charge in [-0.2, -0.15) is 4.98 Å². The van der Waals surface area contributed by atoms with Gasteiger partial charge in [-0.05, 0) is 26.7 Å². The molecule has 19 heavy (non-hydrogen) atoms. The van der Waals surface area contributed by atoms with Gasteiger partial charge in [-0.3, -0.25) is 0 Å². The molecule has 0 bridgehead atoms. The average Bonchev–Trinajstić information content (AvgIpc) is 2.70. The zero-order valence-electron chi connectivity index (χ0n) is 11.7. The normalized spacial score (nSPS) is 26.4. The molecule has 1 aliphatic heterocycles. The fourth-order valence-corrected chi connectivity index (χ4v) is 2.18. The second kappa shape index (κ2) is 5.92. The lowest BCUT2D eigenvalue weighted by Crippen LogP contribution is -2.41. The van der Waals surface area contributed by atoms with Gasteiger partial charge < -0.3 is 15.4 Å². The van der Waals surface area contributed by atoms with E-state index in [9.17, 15) is 0 Å². The van der Waals surface area contributed by atoms with E-state index in [4.69, 9.17) is 16.3 Å². The first-order chi connectivity index (χ1) is 9.05. The molecule has 5 nitrogen and oxygen atoms in total. The van der Waals surface area contributed by atoms with Crippen LogP contribution in [0.15, 0.2) is 6.20 Å². The van der Waals surface area contributed by atoms with Crippen molar-refractivity contribution in [3.8, 4) is 0 Å². The number of nitrogens with zero attached hydrogens (tertiary/aromatic N) is 2. The van der Waals surface area contributed by atoms with Crippen molar-refractivity contribution >= 4 is 23.4 Å². The van der Waals surface area contributed by atoms with E-state index in [0.717, 1.165) is 26.0 Å². The first-order valence-corrected chi connectivity index (χ1v) is 7.09. The summed E-state index contributed by atoms with van der Waals surface area (Å²) in [6, 6.07) is 0. The van der Waals surface area contributed by atoms with Crippen LogP contribution >= 0.6 is 11.6 Å². The topological polar surface area (TPSA) is 59.1 Å². The Morgan fingerprint density at radius 2 is 2.37 bits per heavy atom. The van der Waals surface area contributed by atoms with Crippen molar-refractivity contribution in [3.05, 3.63) is 11.2 Å². The van der Waals surface area contributed by atoms with Crippen molar-refractivity contribution in [3.63, 3.8) is 0 Å². The molecule has 1 fully saturated rings. The lowest BCUT2D eigenvalue weighted by atomic mass is 9.95. The molecule has 0 aromatic carbocycles. The van der Waals surface area contributed by atoms with Crippen LogP contribution in [0.3, 0.4) is 0 Å². The smallest absolute Gasteiger partial charge is 0.224 e. The van der Waals surface area contributed by atoms with Crippen LogP contribution in [-0.4, -0.2) is 34.8 Å². The molecular formula is C13H21ClN4O. The Morgan fingerprint density at radius 1 is 1.58 bits per heavy atom. The Bertz CT molecular complexity index is 443. The maximum absolute atomic E-state index is 6.16. The SMILES string of the molecule is CCCNc1ncc(Cl)c(NC2(C)CCOC2C)n1. The lowest BCUT2D eigenvalue weighted by molar-refractivity contribution is 0.105. The molecule has 1 saturated heterocycles. The molecule has 0 saturated carbocycles. The molecule has 2 unspecified atom stereocenters. The molecule has 6 heteroatoms. The van der Waals surface area contributed by atoms with Gasteiger partial charge in [0, 0.05) is 13.2 Å². The molecule has 1 aromatic heterocycles. The molecule has 2 rings (SSSR count). The van der Waals surface area contributed by atoms with Crippen LogP contribution in [0.1, 0.15) is 33.6 Å². The van der Waals surface area contributed by atoms with Crippen LogP contribution in [0.4, 0.5) is 11.8 Å². The summed E-state index contributed by atoms with van der Waals surface area (Å²) < 4.78 is 5.61. The van der Waals surface area contributed by atoms with Crippen molar-refractivity contribution in [1.29, 1.82) is 0 Å². The second-order valence-electron chi connectivity index (χ2n) is 5.12. The highest BCUT2D eigenvalue weighted by molar-refractivity contribution is 6.32. The number of hydrogen-bond donors (Lipinski definition) is 2. The third-order valence-electron chi connectivity index (χ3n) is 3.57. The van der Waals surface area contributed by atoms with Gasteiger partial charge in [0.1, 0.15) is 5.02 Å². The number of anilines is 2. The van der Waals surface area contributed by atoms with E-state index in [1.54, 1.807) is 6.20 Å². The number of aromatic nitrogens is 2. The zero-order chi connectivity index (χ0) is 13.9. The van der Waals surface area contributed by atoms with Crippen molar-refractivity contribution in [2.24, 2.45) is 0 Å². The predicted octanol–water partition coefficient (Wildman–Crippen LogP) is 2.93. The number of ether oxygens (including phenoxy) is 1. The summed E-state index contributed by atoms with van der Waals surface area (Å²) in [5.74, 6) is 1.26. The van der Waals surface area contributed by atoms with E-state index < -0.39 is 0 Å². The van der Waals surface area contributed by atoms with E-state index in [2.05, 4.69) is 41.4 Å². The Morgan fingerprint density at radius 3 is 3.00 bits per heavy atom. The molecule has 2 N–H and O–H groups in total. The van der Waals surface area contributed by atoms with Gasteiger partial charge in [0.25, 0.3) is 0 Å². The predicted molar refractivity (Wildman–Crippen MR) is 77.9 cm³/mol. The van der Waals surface area contributed by atoms with Crippen LogP contribution < -0.4 is 10.6 Å². The fourth-order valence-electron chi connectivity index (χ4n) is 2.05. The molecule has 1 aliphatic rings. The van der Waals surface area contributed by atoms with Gasteiger partial charge in [0.15, 0.2) is 5.82 Å². The number of nitrogens with one attached hydrogen (secondary N) is 2. The van der Waals surface area contributed by atoms with Crippen LogP contribution in [0.25, 0.3) is 0 Å². The van der Waals surface area contributed by atoms with Gasteiger partial charge in [0.2, 0.25) is 5.95 Å². The Labute approximate surface area is 119 Å². The quantitative estimate of drug-likeness (QED) is 0.871. The van der Waals surface area contributed by atoms with Crippen LogP contribution in [0, 0.1) is 0 Å². The molecule has 2 atom stereocenters. The summed E-state index contributed by atoms with van der Waals surface area (Å²) >= 11 is 6.16. The minimum Gasteiger partial charge on any atom is -0.376 e. The molecule has 2 heterocycles. The van der Waals surface area contributed by atoms with E-state index in [1.807, 2.05) is 0 Å². The highest BCUT2D eigenvalue weighted by atomic mass is 35.5. The fraction of sp³-hybridized carbons (Fsp3) is 0.692. The van der Waals surface area contributed by atoms with E-state index >= 15 is 0 Å². The highest BCUT2D eigenvalue weighted by Crippen LogP contribution is 2.31. The van der Waals surface area contributed by atoms with Gasteiger partial charge in [-0.15, -0.1) is 0 Å². The summed E-state index contributed by atoms with van der Waals surface area (Å²) in [6.45, 7) is 7.89. The molecule has 106 valence electrons. The van der Waals surface area contributed by atoms with E-state index in [1.165, 1.54) is 0 Å². The molecule has 0 radical (unpaired) electrons. The van der Waals surface area contributed by atoms with Crippen molar-refractivity contribution in [2.75, 3.05) is 23.8 Å². The summed E-state index contributed by atoms with van der Waals surface area (Å²) in [6.07, 6.45) is 3.72.